The molecule has 5 heteroatoms. The van der Waals surface area contributed by atoms with Crippen molar-refractivity contribution in [3.05, 3.63) is 112 Å². The van der Waals surface area contributed by atoms with Gasteiger partial charge in [0, 0.05) is 52.9 Å². The molecule has 204 valence electrons. The van der Waals surface area contributed by atoms with Crippen molar-refractivity contribution < 1.29 is 14.3 Å². The zero-order valence-electron chi connectivity index (χ0n) is 23.7. The second-order valence-electron chi connectivity index (χ2n) is 10.9. The third-order valence-electron chi connectivity index (χ3n) is 8.00. The van der Waals surface area contributed by atoms with Crippen LogP contribution in [-0.4, -0.2) is 19.1 Å². The van der Waals surface area contributed by atoms with Crippen LogP contribution >= 0.6 is 0 Å². The van der Waals surface area contributed by atoms with Crippen molar-refractivity contribution in [3.8, 4) is 11.5 Å². The van der Waals surface area contributed by atoms with Crippen molar-refractivity contribution >= 4 is 23.0 Å². The lowest BCUT2D eigenvalue weighted by Gasteiger charge is -2.37. The van der Waals surface area contributed by atoms with Crippen LogP contribution in [-0.2, 0) is 10.3 Å². The maximum absolute atomic E-state index is 13.3. The van der Waals surface area contributed by atoms with Gasteiger partial charge >= 0.3 is 5.97 Å². The van der Waals surface area contributed by atoms with Crippen LogP contribution in [0.2, 0.25) is 0 Å². The third-order valence-corrected chi connectivity index (χ3v) is 8.00. The Labute approximate surface area is 236 Å². The number of fused-ring (bicyclic) bond motifs is 6. The van der Waals surface area contributed by atoms with Crippen LogP contribution in [0.5, 0.6) is 11.5 Å². The van der Waals surface area contributed by atoms with Crippen LogP contribution < -0.4 is 15.0 Å². The fourth-order valence-electron chi connectivity index (χ4n) is 6.03. The normalized spacial score (nSPS) is 16.6. The van der Waals surface area contributed by atoms with Crippen molar-refractivity contribution in [1.29, 1.82) is 0 Å². The molecule has 40 heavy (non-hydrogen) atoms. The van der Waals surface area contributed by atoms with Crippen molar-refractivity contribution in [2.24, 2.45) is 0 Å². The molecule has 0 saturated heterocycles. The number of carbonyl (C=O) groups excluding carboxylic acids is 1. The van der Waals surface area contributed by atoms with E-state index >= 15 is 0 Å². The summed E-state index contributed by atoms with van der Waals surface area (Å²) in [5.74, 6) is 1.10. The standard InChI is InChI=1S/C35H36N2O3/c1-5-7-19-37(18-6-2)26-14-15-29-33(22-26)39-32-17-13-25(36-31-16-12-23(3)20-24(31)4)21-30(32)35(29)28-11-9-8-10-27(28)34(38)40-35/h8-17,20-22,36H,5-7,18-19H2,1-4H3. The number of rotatable bonds is 8. The first kappa shape index (κ1) is 26.0. The van der Waals surface area contributed by atoms with Crippen LogP contribution in [0.3, 0.4) is 0 Å². The molecule has 1 N–H and O–H groups in total. The van der Waals surface area contributed by atoms with E-state index in [2.05, 4.69) is 80.4 Å². The van der Waals surface area contributed by atoms with E-state index < -0.39 is 5.60 Å². The van der Waals surface area contributed by atoms with Gasteiger partial charge in [0.2, 0.25) is 0 Å². The number of unbranched alkanes of at least 4 members (excludes halogenated alkanes) is 1. The Morgan fingerprint density at radius 3 is 2.45 bits per heavy atom. The number of hydrogen-bond donors (Lipinski definition) is 1. The molecular weight excluding hydrogens is 496 g/mol. The second kappa shape index (κ2) is 10.4. The minimum absolute atomic E-state index is 0.318. The van der Waals surface area contributed by atoms with Gasteiger partial charge in [0.05, 0.1) is 5.56 Å². The van der Waals surface area contributed by atoms with Crippen molar-refractivity contribution in [1.82, 2.24) is 0 Å². The second-order valence-corrected chi connectivity index (χ2v) is 10.9. The Hall–Kier alpha value is -4.25. The number of aryl methyl sites for hydroxylation is 2. The van der Waals surface area contributed by atoms with E-state index in [9.17, 15) is 4.79 Å². The van der Waals surface area contributed by atoms with E-state index in [-0.39, 0.29) is 5.97 Å². The number of nitrogens with zero attached hydrogens (tertiary/aromatic N) is 1. The summed E-state index contributed by atoms with van der Waals surface area (Å²) >= 11 is 0. The van der Waals surface area contributed by atoms with Crippen molar-refractivity contribution in [2.75, 3.05) is 23.3 Å². The van der Waals surface area contributed by atoms with Gasteiger partial charge < -0.3 is 19.7 Å². The van der Waals surface area contributed by atoms with Crippen LogP contribution in [0.25, 0.3) is 0 Å². The topological polar surface area (TPSA) is 50.8 Å². The van der Waals surface area contributed by atoms with E-state index in [1.165, 1.54) is 11.1 Å². The summed E-state index contributed by atoms with van der Waals surface area (Å²) in [5, 5.41) is 3.57. The maximum Gasteiger partial charge on any atom is 0.340 e. The molecule has 0 aromatic heterocycles. The van der Waals surface area contributed by atoms with Crippen LogP contribution in [0.15, 0.2) is 78.9 Å². The summed E-state index contributed by atoms with van der Waals surface area (Å²) in [6.45, 7) is 10.6. The fraction of sp³-hybridized carbons (Fsp3) is 0.286. The first-order valence-electron chi connectivity index (χ1n) is 14.3. The Bertz CT molecular complexity index is 1590. The molecule has 6 rings (SSSR count). The summed E-state index contributed by atoms with van der Waals surface area (Å²) in [7, 11) is 0. The number of benzene rings is 4. The zero-order valence-corrected chi connectivity index (χ0v) is 23.7. The highest BCUT2D eigenvalue weighted by atomic mass is 16.6. The lowest BCUT2D eigenvalue weighted by Crippen LogP contribution is -2.33. The number of anilines is 3. The molecule has 4 aromatic rings. The minimum atomic E-state index is -1.09. The summed E-state index contributed by atoms with van der Waals surface area (Å²) in [5.41, 5.74) is 7.46. The van der Waals surface area contributed by atoms with Gasteiger partial charge in [-0.2, -0.15) is 0 Å². The van der Waals surface area contributed by atoms with Gasteiger partial charge in [-0.15, -0.1) is 0 Å². The number of hydrogen-bond acceptors (Lipinski definition) is 5. The van der Waals surface area contributed by atoms with Gasteiger partial charge in [0.1, 0.15) is 11.5 Å². The molecule has 5 nitrogen and oxygen atoms in total. The Morgan fingerprint density at radius 1 is 0.800 bits per heavy atom. The highest BCUT2D eigenvalue weighted by molar-refractivity contribution is 5.97. The van der Waals surface area contributed by atoms with Gasteiger partial charge in [-0.1, -0.05) is 56.2 Å². The highest BCUT2D eigenvalue weighted by Gasteiger charge is 2.53. The summed E-state index contributed by atoms with van der Waals surface area (Å²) in [4.78, 5) is 15.7. The van der Waals surface area contributed by atoms with Crippen molar-refractivity contribution in [3.63, 3.8) is 0 Å². The van der Waals surface area contributed by atoms with Gasteiger partial charge in [0.25, 0.3) is 0 Å². The van der Waals surface area contributed by atoms with Crippen LogP contribution in [0.4, 0.5) is 17.1 Å². The minimum Gasteiger partial charge on any atom is -0.456 e. The molecule has 0 fully saturated rings. The zero-order chi connectivity index (χ0) is 27.9. The van der Waals surface area contributed by atoms with Crippen molar-refractivity contribution in [2.45, 2.75) is 52.6 Å². The maximum atomic E-state index is 13.3. The van der Waals surface area contributed by atoms with Gasteiger partial charge in [0.15, 0.2) is 5.60 Å². The predicted molar refractivity (Wildman–Crippen MR) is 161 cm³/mol. The van der Waals surface area contributed by atoms with Gasteiger partial charge in [-0.05, 0) is 74.7 Å². The van der Waals surface area contributed by atoms with Gasteiger partial charge in [-0.3, -0.25) is 0 Å². The average molecular weight is 533 g/mol. The highest BCUT2D eigenvalue weighted by Crippen LogP contribution is 2.57. The molecular formula is C35H36N2O3. The smallest absolute Gasteiger partial charge is 0.340 e. The average Bonchev–Trinajstić information content (AvgIpc) is 3.25. The van der Waals surface area contributed by atoms with Crippen LogP contribution in [0, 0.1) is 13.8 Å². The first-order chi connectivity index (χ1) is 19.4. The molecule has 2 heterocycles. The summed E-state index contributed by atoms with van der Waals surface area (Å²) in [6.07, 6.45) is 3.34. The molecule has 0 aliphatic carbocycles. The Kier molecular flexibility index (Phi) is 6.75. The number of esters is 1. The summed E-state index contributed by atoms with van der Waals surface area (Å²) in [6, 6.07) is 26.5. The predicted octanol–water partition coefficient (Wildman–Crippen LogP) is 8.63. The lowest BCUT2D eigenvalue weighted by atomic mass is 9.77. The molecule has 0 amide bonds. The molecule has 0 radical (unpaired) electrons. The van der Waals surface area contributed by atoms with E-state index in [1.807, 2.05) is 36.4 Å². The Morgan fingerprint density at radius 2 is 1.65 bits per heavy atom. The molecule has 4 aromatic carbocycles. The molecule has 0 saturated carbocycles. The SMILES string of the molecule is CCCCN(CCC)c1ccc2c(c1)Oc1ccc(Nc3ccc(C)cc3C)cc1C21OC(=O)c2ccccc21. The number of nitrogens with one attached hydrogen (secondary N) is 1. The molecule has 2 aliphatic heterocycles. The number of carbonyl (C=O) groups is 1. The number of ether oxygens (including phenoxy) is 2. The molecule has 2 aliphatic rings. The lowest BCUT2D eigenvalue weighted by molar-refractivity contribution is 0.0224. The quantitative estimate of drug-likeness (QED) is 0.230. The van der Waals surface area contributed by atoms with E-state index in [1.54, 1.807) is 0 Å². The molecule has 1 unspecified atom stereocenters. The molecule has 1 spiro atoms. The van der Waals surface area contributed by atoms with E-state index in [0.717, 1.165) is 71.9 Å². The summed E-state index contributed by atoms with van der Waals surface area (Å²) < 4.78 is 13.0. The monoisotopic (exact) mass is 532 g/mol. The molecule has 0 bridgehead atoms. The fourth-order valence-corrected chi connectivity index (χ4v) is 6.03. The van der Waals surface area contributed by atoms with E-state index in [0.29, 0.717) is 11.3 Å². The van der Waals surface area contributed by atoms with Crippen LogP contribution in [0.1, 0.15) is 71.3 Å². The largest absolute Gasteiger partial charge is 0.456 e. The third kappa shape index (κ3) is 4.30. The van der Waals surface area contributed by atoms with Gasteiger partial charge in [-0.25, -0.2) is 4.79 Å². The Balaban J connectivity index is 1.49. The van der Waals surface area contributed by atoms with E-state index in [4.69, 9.17) is 9.47 Å². The first-order valence-corrected chi connectivity index (χ1v) is 14.3. The molecule has 1 atom stereocenters.